The Balaban J connectivity index is 1.55. The van der Waals surface area contributed by atoms with Gasteiger partial charge < -0.3 is 20.6 Å². The van der Waals surface area contributed by atoms with Crippen molar-refractivity contribution in [2.45, 2.75) is 13.5 Å². The Bertz CT molecular complexity index is 1040. The smallest absolute Gasteiger partial charge is 0.261 e. The normalized spacial score (nSPS) is 11.1. The van der Waals surface area contributed by atoms with Gasteiger partial charge >= 0.3 is 0 Å². The Morgan fingerprint density at radius 3 is 2.73 bits per heavy atom. The highest BCUT2D eigenvalue weighted by atomic mass is 19.1. The number of benzene rings is 2. The number of hydrogen-bond donors (Lipinski definition) is 2. The summed E-state index contributed by atoms with van der Waals surface area (Å²) in [6.45, 7) is 1.51. The number of aryl methyl sites for hydroxylation is 1. The van der Waals surface area contributed by atoms with E-state index in [-0.39, 0.29) is 30.7 Å². The zero-order valence-corrected chi connectivity index (χ0v) is 16.3. The summed E-state index contributed by atoms with van der Waals surface area (Å²) in [7, 11) is 0. The number of ether oxygens (including phenoxy) is 1. The maximum Gasteiger partial charge on any atom is 0.261 e. The van der Waals surface area contributed by atoms with E-state index in [0.717, 1.165) is 0 Å². The summed E-state index contributed by atoms with van der Waals surface area (Å²) in [5.74, 6) is 0.139. The maximum atomic E-state index is 13.5. The Labute approximate surface area is 173 Å². The highest BCUT2D eigenvalue weighted by Gasteiger charge is 2.11. The second-order valence-corrected chi connectivity index (χ2v) is 6.38. The zero-order chi connectivity index (χ0) is 21.3. The van der Waals surface area contributed by atoms with Gasteiger partial charge in [-0.3, -0.25) is 4.79 Å². The summed E-state index contributed by atoms with van der Waals surface area (Å²) < 4.78 is 19.3. The van der Waals surface area contributed by atoms with Crippen LogP contribution in [-0.2, 0) is 16.2 Å². The average Bonchev–Trinajstić information content (AvgIpc) is 2.75. The van der Waals surface area contributed by atoms with Crippen LogP contribution >= 0.6 is 0 Å². The number of nitrogens with two attached hydrogens (primary N) is 1. The molecule has 0 saturated carbocycles. The first-order valence-electron chi connectivity index (χ1n) is 9.18. The second kappa shape index (κ2) is 10.0. The van der Waals surface area contributed by atoms with Gasteiger partial charge in [0, 0.05) is 12.7 Å². The number of nitrogens with zero attached hydrogens (tertiary/aromatic N) is 2. The van der Waals surface area contributed by atoms with E-state index >= 15 is 0 Å². The lowest BCUT2D eigenvalue weighted by Crippen LogP contribution is -2.27. The average molecular weight is 408 g/mol. The summed E-state index contributed by atoms with van der Waals surface area (Å²) in [6, 6.07) is 17.2. The number of rotatable bonds is 8. The molecule has 0 spiro atoms. The van der Waals surface area contributed by atoms with Crippen molar-refractivity contribution in [2.24, 2.45) is 10.9 Å². The largest absolute Gasteiger partial charge is 0.438 e. The van der Waals surface area contributed by atoms with E-state index < -0.39 is 5.91 Å². The highest BCUT2D eigenvalue weighted by molar-refractivity contribution is 5.99. The first-order chi connectivity index (χ1) is 14.5. The predicted molar refractivity (Wildman–Crippen MR) is 110 cm³/mol. The lowest BCUT2D eigenvalue weighted by Gasteiger charge is -2.09. The van der Waals surface area contributed by atoms with Crippen LogP contribution in [-0.4, -0.2) is 23.3 Å². The summed E-state index contributed by atoms with van der Waals surface area (Å²) >= 11 is 0. The van der Waals surface area contributed by atoms with Crippen LogP contribution in [0.3, 0.4) is 0 Å². The van der Waals surface area contributed by atoms with Gasteiger partial charge in [0.1, 0.15) is 11.6 Å². The van der Waals surface area contributed by atoms with E-state index in [1.165, 1.54) is 6.07 Å². The van der Waals surface area contributed by atoms with Gasteiger partial charge in [-0.15, -0.1) is 0 Å². The fourth-order valence-electron chi connectivity index (χ4n) is 2.47. The quantitative estimate of drug-likeness (QED) is 0.339. The van der Waals surface area contributed by atoms with Crippen LogP contribution in [0.25, 0.3) is 0 Å². The van der Waals surface area contributed by atoms with E-state index in [1.54, 1.807) is 49.5 Å². The molecule has 0 unspecified atom stereocenters. The molecular weight excluding hydrogens is 387 g/mol. The van der Waals surface area contributed by atoms with Crippen molar-refractivity contribution in [3.05, 3.63) is 89.4 Å². The van der Waals surface area contributed by atoms with Crippen molar-refractivity contribution in [1.82, 2.24) is 10.3 Å². The fraction of sp³-hybridized carbons (Fsp3) is 0.136. The first kappa shape index (κ1) is 20.8. The molecule has 0 saturated heterocycles. The van der Waals surface area contributed by atoms with E-state index in [2.05, 4.69) is 15.5 Å². The monoisotopic (exact) mass is 408 g/mol. The number of pyridine rings is 1. The van der Waals surface area contributed by atoms with E-state index in [1.807, 2.05) is 18.2 Å². The lowest BCUT2D eigenvalue weighted by molar-refractivity contribution is -0.125. The molecule has 1 amide bonds. The third-order valence-electron chi connectivity index (χ3n) is 4.09. The molecular formula is C22H21FN4O3. The molecule has 0 aliphatic carbocycles. The number of aromatic nitrogens is 1. The fourth-order valence-corrected chi connectivity index (χ4v) is 2.47. The van der Waals surface area contributed by atoms with Crippen molar-refractivity contribution in [3.63, 3.8) is 0 Å². The second-order valence-electron chi connectivity index (χ2n) is 6.38. The molecule has 3 N–H and O–H groups in total. The number of carbonyl (C=O) groups is 1. The number of carbonyl (C=O) groups excluding carboxylic acids is 1. The van der Waals surface area contributed by atoms with Crippen LogP contribution in [0.2, 0.25) is 0 Å². The van der Waals surface area contributed by atoms with Gasteiger partial charge in [0.2, 0.25) is 5.88 Å². The molecule has 3 aromatic rings. The number of para-hydroxylation sites is 1. The molecule has 0 fully saturated rings. The summed E-state index contributed by atoms with van der Waals surface area (Å²) in [5.41, 5.74) is 7.58. The molecule has 154 valence electrons. The van der Waals surface area contributed by atoms with Gasteiger partial charge in [0.25, 0.3) is 5.91 Å². The minimum absolute atomic E-state index is 0.0161. The van der Waals surface area contributed by atoms with Crippen LogP contribution in [0.4, 0.5) is 4.39 Å². The zero-order valence-electron chi connectivity index (χ0n) is 16.3. The van der Waals surface area contributed by atoms with Gasteiger partial charge in [-0.1, -0.05) is 35.5 Å². The molecule has 0 radical (unpaired) electrons. The standard InChI is InChI=1S/C22H21FN4O3/c1-15-9-10-16(12-19(15)23)13-26-20(28)14-29-27-21(24)18-8-5-11-25-22(18)30-17-6-3-2-4-7-17/h2-12H,13-14H2,1H3,(H2,24,27)(H,26,28). The molecule has 30 heavy (non-hydrogen) atoms. The Kier molecular flexibility index (Phi) is 6.94. The van der Waals surface area contributed by atoms with Gasteiger partial charge in [-0.2, -0.15) is 0 Å². The maximum absolute atomic E-state index is 13.5. The van der Waals surface area contributed by atoms with Gasteiger partial charge in [-0.25, -0.2) is 9.37 Å². The molecule has 8 heteroatoms. The molecule has 1 aromatic heterocycles. The predicted octanol–water partition coefficient (Wildman–Crippen LogP) is 3.27. The molecule has 0 aliphatic heterocycles. The van der Waals surface area contributed by atoms with Gasteiger partial charge in [0.15, 0.2) is 12.4 Å². The number of amides is 1. The number of amidine groups is 1. The topological polar surface area (TPSA) is 98.8 Å². The van der Waals surface area contributed by atoms with Crippen LogP contribution < -0.4 is 15.8 Å². The number of nitrogens with one attached hydrogen (secondary N) is 1. The summed E-state index contributed by atoms with van der Waals surface area (Å²) in [6.07, 6.45) is 1.57. The molecule has 0 aliphatic rings. The van der Waals surface area contributed by atoms with Crippen molar-refractivity contribution in [3.8, 4) is 11.6 Å². The molecule has 2 aromatic carbocycles. The van der Waals surface area contributed by atoms with Crippen molar-refractivity contribution >= 4 is 11.7 Å². The number of halogens is 1. The van der Waals surface area contributed by atoms with E-state index in [4.69, 9.17) is 15.3 Å². The van der Waals surface area contributed by atoms with Crippen LogP contribution in [0.5, 0.6) is 11.6 Å². The van der Waals surface area contributed by atoms with Crippen LogP contribution in [0.15, 0.2) is 72.0 Å². The molecule has 7 nitrogen and oxygen atoms in total. The molecule has 1 heterocycles. The molecule has 0 bridgehead atoms. The summed E-state index contributed by atoms with van der Waals surface area (Å²) in [4.78, 5) is 21.1. The minimum Gasteiger partial charge on any atom is -0.438 e. The van der Waals surface area contributed by atoms with Crippen molar-refractivity contribution in [2.75, 3.05) is 6.61 Å². The Morgan fingerprint density at radius 1 is 1.17 bits per heavy atom. The molecule has 3 rings (SSSR count). The van der Waals surface area contributed by atoms with Crippen LogP contribution in [0, 0.1) is 12.7 Å². The number of hydrogen-bond acceptors (Lipinski definition) is 5. The van der Waals surface area contributed by atoms with Crippen molar-refractivity contribution < 1.29 is 18.8 Å². The third kappa shape index (κ3) is 5.78. The SMILES string of the molecule is Cc1ccc(CNC(=O)CON=C(N)c2cccnc2Oc2ccccc2)cc1F. The van der Waals surface area contributed by atoms with E-state index in [0.29, 0.717) is 22.4 Å². The Morgan fingerprint density at radius 2 is 1.97 bits per heavy atom. The minimum atomic E-state index is -0.417. The first-order valence-corrected chi connectivity index (χ1v) is 9.18. The third-order valence-corrected chi connectivity index (χ3v) is 4.09. The van der Waals surface area contributed by atoms with E-state index in [9.17, 15) is 9.18 Å². The number of oxime groups is 1. The Hall–Kier alpha value is -3.94. The van der Waals surface area contributed by atoms with Crippen molar-refractivity contribution in [1.29, 1.82) is 0 Å². The van der Waals surface area contributed by atoms with Crippen LogP contribution in [0.1, 0.15) is 16.7 Å². The summed E-state index contributed by atoms with van der Waals surface area (Å²) in [5, 5.41) is 6.40. The lowest BCUT2D eigenvalue weighted by atomic mass is 10.1. The van der Waals surface area contributed by atoms with Gasteiger partial charge in [0.05, 0.1) is 5.56 Å². The molecule has 0 atom stereocenters. The highest BCUT2D eigenvalue weighted by Crippen LogP contribution is 2.22. The van der Waals surface area contributed by atoms with Gasteiger partial charge in [-0.05, 0) is 48.4 Å².